The maximum atomic E-state index is 12.3. The Morgan fingerprint density at radius 1 is 1.23 bits per heavy atom. The molecular weight excluding hydrogens is 334 g/mol. The third-order valence-corrected chi connectivity index (χ3v) is 3.94. The third kappa shape index (κ3) is 4.27. The van der Waals surface area contributed by atoms with Crippen molar-refractivity contribution in [1.82, 2.24) is 24.6 Å². The highest BCUT2D eigenvalue weighted by Gasteiger charge is 2.10. The molecule has 0 saturated carbocycles. The number of carbonyl (C=O) groups excluding carboxylic acids is 1. The van der Waals surface area contributed by atoms with Crippen LogP contribution in [0.5, 0.6) is 5.75 Å². The average molecular weight is 355 g/mol. The van der Waals surface area contributed by atoms with E-state index in [1.54, 1.807) is 7.05 Å². The number of nitrogens with zero attached hydrogens (tertiary/aromatic N) is 4. The number of carbonyl (C=O) groups is 1. The molecule has 3 aromatic rings. The van der Waals surface area contributed by atoms with Crippen LogP contribution >= 0.6 is 0 Å². The maximum absolute atomic E-state index is 12.3. The quantitative estimate of drug-likeness (QED) is 0.611. The topological polar surface area (TPSA) is 91.0 Å². The molecule has 1 N–H and O–H groups in total. The zero-order valence-corrected chi connectivity index (χ0v) is 14.6. The number of hydrogen-bond acceptors (Lipinski definition) is 5. The molecule has 2 heterocycles. The summed E-state index contributed by atoms with van der Waals surface area (Å²) in [5.74, 6) is 0.621. The van der Waals surface area contributed by atoms with E-state index < -0.39 is 0 Å². The van der Waals surface area contributed by atoms with Gasteiger partial charge in [-0.3, -0.25) is 18.8 Å². The van der Waals surface area contributed by atoms with Gasteiger partial charge in [-0.2, -0.15) is 5.10 Å². The Balaban J connectivity index is 1.40. The van der Waals surface area contributed by atoms with Crippen molar-refractivity contribution in [2.45, 2.75) is 19.4 Å². The Hall–Kier alpha value is -3.16. The average Bonchev–Trinajstić information content (AvgIpc) is 3.03. The molecule has 136 valence electrons. The molecule has 8 heteroatoms. The van der Waals surface area contributed by atoms with Crippen LogP contribution in [0.15, 0.2) is 47.7 Å². The molecule has 0 atom stereocenters. The maximum Gasteiger partial charge on any atom is 0.264 e. The van der Waals surface area contributed by atoms with Crippen LogP contribution < -0.4 is 15.6 Å². The van der Waals surface area contributed by atoms with Crippen LogP contribution in [0.1, 0.15) is 12.8 Å². The highest BCUT2D eigenvalue weighted by Crippen LogP contribution is 2.08. The molecule has 2 aromatic heterocycles. The van der Waals surface area contributed by atoms with Crippen molar-refractivity contribution in [2.24, 2.45) is 7.05 Å². The summed E-state index contributed by atoms with van der Waals surface area (Å²) in [4.78, 5) is 28.5. The fraction of sp³-hybridized carbons (Fsp3) is 0.333. The minimum absolute atomic E-state index is 0.0584. The van der Waals surface area contributed by atoms with Gasteiger partial charge in [-0.15, -0.1) is 0 Å². The molecule has 0 fully saturated rings. The normalized spacial score (nSPS) is 10.8. The monoisotopic (exact) mass is 355 g/mol. The van der Waals surface area contributed by atoms with Gasteiger partial charge in [0.25, 0.3) is 5.56 Å². The molecule has 0 spiro atoms. The predicted molar refractivity (Wildman–Crippen MR) is 96.9 cm³/mol. The Morgan fingerprint density at radius 3 is 2.85 bits per heavy atom. The summed E-state index contributed by atoms with van der Waals surface area (Å²) in [5, 5.41) is 7.22. The van der Waals surface area contributed by atoms with E-state index >= 15 is 0 Å². The first kappa shape index (κ1) is 17.7. The lowest BCUT2D eigenvalue weighted by molar-refractivity contribution is -0.121. The van der Waals surface area contributed by atoms with E-state index in [1.165, 1.54) is 21.8 Å². The Morgan fingerprint density at radius 2 is 2.04 bits per heavy atom. The number of para-hydroxylation sites is 1. The van der Waals surface area contributed by atoms with Crippen molar-refractivity contribution in [2.75, 3.05) is 13.2 Å². The number of benzene rings is 1. The van der Waals surface area contributed by atoms with Gasteiger partial charge in [0.05, 0.1) is 12.8 Å². The Bertz CT molecular complexity index is 933. The van der Waals surface area contributed by atoms with Gasteiger partial charge in [0.15, 0.2) is 5.65 Å². The predicted octanol–water partition coefficient (Wildman–Crippen LogP) is 1.11. The molecular formula is C18H21N5O3. The molecule has 0 radical (unpaired) electrons. The van der Waals surface area contributed by atoms with Crippen LogP contribution in [0.4, 0.5) is 0 Å². The van der Waals surface area contributed by atoms with Crippen LogP contribution in [0.25, 0.3) is 11.0 Å². The van der Waals surface area contributed by atoms with Gasteiger partial charge < -0.3 is 10.1 Å². The van der Waals surface area contributed by atoms with Gasteiger partial charge in [0, 0.05) is 13.6 Å². The SMILES string of the molecule is Cn1ncc2c(=O)n(CC(=O)NCCCCOc3ccccc3)cnc21. The van der Waals surface area contributed by atoms with E-state index in [-0.39, 0.29) is 18.0 Å². The van der Waals surface area contributed by atoms with Gasteiger partial charge in [0.1, 0.15) is 24.0 Å². The minimum atomic E-state index is -0.269. The highest BCUT2D eigenvalue weighted by atomic mass is 16.5. The summed E-state index contributed by atoms with van der Waals surface area (Å²) in [5.41, 5.74) is 0.236. The van der Waals surface area contributed by atoms with Crippen LogP contribution in [0.3, 0.4) is 0 Å². The summed E-state index contributed by atoms with van der Waals surface area (Å²) in [6.45, 7) is 1.08. The molecule has 0 aliphatic rings. The highest BCUT2D eigenvalue weighted by molar-refractivity contribution is 5.77. The van der Waals surface area contributed by atoms with Crippen LogP contribution in [0.2, 0.25) is 0 Å². The summed E-state index contributed by atoms with van der Waals surface area (Å²) in [6.07, 6.45) is 4.47. The van der Waals surface area contributed by atoms with Gasteiger partial charge in [-0.1, -0.05) is 18.2 Å². The second kappa shape index (κ2) is 8.28. The van der Waals surface area contributed by atoms with Gasteiger partial charge in [-0.05, 0) is 25.0 Å². The molecule has 0 aliphatic carbocycles. The largest absolute Gasteiger partial charge is 0.494 e. The lowest BCUT2D eigenvalue weighted by Gasteiger charge is -2.08. The zero-order valence-electron chi connectivity index (χ0n) is 14.6. The number of aryl methyl sites for hydroxylation is 1. The Kier molecular flexibility index (Phi) is 5.62. The van der Waals surface area contributed by atoms with Crippen molar-refractivity contribution in [3.63, 3.8) is 0 Å². The number of fused-ring (bicyclic) bond motifs is 1. The smallest absolute Gasteiger partial charge is 0.264 e. The summed E-state index contributed by atoms with van der Waals surface area (Å²) < 4.78 is 8.41. The number of unbranched alkanes of at least 4 members (excludes halogenated alkanes) is 1. The van der Waals surface area contributed by atoms with E-state index in [0.29, 0.717) is 24.2 Å². The molecule has 1 aromatic carbocycles. The lowest BCUT2D eigenvalue weighted by Crippen LogP contribution is -2.33. The van der Waals surface area contributed by atoms with E-state index in [4.69, 9.17) is 4.74 Å². The van der Waals surface area contributed by atoms with Crippen molar-refractivity contribution in [1.29, 1.82) is 0 Å². The third-order valence-electron chi connectivity index (χ3n) is 3.94. The van der Waals surface area contributed by atoms with Gasteiger partial charge in [0.2, 0.25) is 5.91 Å². The number of rotatable bonds is 8. The molecule has 8 nitrogen and oxygen atoms in total. The Labute approximate surface area is 150 Å². The zero-order chi connectivity index (χ0) is 18.4. The summed E-state index contributed by atoms with van der Waals surface area (Å²) >= 11 is 0. The van der Waals surface area contributed by atoms with Crippen LogP contribution in [0, 0.1) is 0 Å². The molecule has 1 amide bonds. The first-order valence-electron chi connectivity index (χ1n) is 8.47. The van der Waals surface area contributed by atoms with Gasteiger partial charge in [-0.25, -0.2) is 4.98 Å². The van der Waals surface area contributed by atoms with Crippen LogP contribution in [-0.4, -0.2) is 38.4 Å². The molecule has 3 rings (SSSR count). The van der Waals surface area contributed by atoms with Crippen molar-refractivity contribution in [3.05, 3.63) is 53.2 Å². The second-order valence-electron chi connectivity index (χ2n) is 5.90. The van der Waals surface area contributed by atoms with E-state index in [0.717, 1.165) is 18.6 Å². The summed E-state index contributed by atoms with van der Waals surface area (Å²) in [7, 11) is 1.72. The number of aromatic nitrogens is 4. The van der Waals surface area contributed by atoms with Crippen molar-refractivity contribution >= 4 is 16.9 Å². The fourth-order valence-electron chi connectivity index (χ4n) is 2.55. The number of ether oxygens (including phenoxy) is 1. The molecule has 0 aliphatic heterocycles. The number of hydrogen-bond donors (Lipinski definition) is 1. The fourth-order valence-corrected chi connectivity index (χ4v) is 2.55. The van der Waals surface area contributed by atoms with E-state index in [9.17, 15) is 9.59 Å². The molecule has 0 unspecified atom stereocenters. The first-order chi connectivity index (χ1) is 12.6. The molecule has 0 saturated heterocycles. The van der Waals surface area contributed by atoms with Crippen molar-refractivity contribution < 1.29 is 9.53 Å². The minimum Gasteiger partial charge on any atom is -0.494 e. The molecule has 26 heavy (non-hydrogen) atoms. The van der Waals surface area contributed by atoms with E-state index in [1.807, 2.05) is 30.3 Å². The number of nitrogens with one attached hydrogen (secondary N) is 1. The van der Waals surface area contributed by atoms with E-state index in [2.05, 4.69) is 15.4 Å². The standard InChI is InChI=1S/C18H21N5O3/c1-22-17-15(11-21-22)18(25)23(13-20-17)12-16(24)19-9-5-6-10-26-14-7-3-2-4-8-14/h2-4,7-8,11,13H,5-6,9-10,12H2,1H3,(H,19,24). The van der Waals surface area contributed by atoms with Crippen LogP contribution in [-0.2, 0) is 18.4 Å². The summed E-state index contributed by atoms with van der Waals surface area (Å²) in [6, 6.07) is 9.61. The lowest BCUT2D eigenvalue weighted by atomic mass is 10.3. The first-order valence-corrected chi connectivity index (χ1v) is 8.47. The van der Waals surface area contributed by atoms with Crippen molar-refractivity contribution in [3.8, 4) is 5.75 Å². The molecule has 0 bridgehead atoms. The number of amides is 1. The van der Waals surface area contributed by atoms with Gasteiger partial charge >= 0.3 is 0 Å². The second-order valence-corrected chi connectivity index (χ2v) is 5.90.